The van der Waals surface area contributed by atoms with Gasteiger partial charge in [0.25, 0.3) is 5.56 Å². The zero-order chi connectivity index (χ0) is 19.0. The average molecular weight is 375 g/mol. The van der Waals surface area contributed by atoms with E-state index in [4.69, 9.17) is 0 Å². The van der Waals surface area contributed by atoms with Crippen LogP contribution in [0.25, 0.3) is 16.8 Å². The highest BCUT2D eigenvalue weighted by Gasteiger charge is 2.31. The molecule has 1 aliphatic carbocycles. The average Bonchev–Trinajstić information content (AvgIpc) is 3.16. The number of fused-ring (bicyclic) bond motifs is 1. The van der Waals surface area contributed by atoms with Crippen LogP contribution in [0.4, 0.5) is 13.2 Å². The van der Waals surface area contributed by atoms with Gasteiger partial charge in [0.1, 0.15) is 5.75 Å². The first-order chi connectivity index (χ1) is 12.9. The van der Waals surface area contributed by atoms with Crippen molar-refractivity contribution in [3.8, 4) is 22.6 Å². The van der Waals surface area contributed by atoms with Gasteiger partial charge in [-0.15, -0.1) is 13.2 Å². The van der Waals surface area contributed by atoms with Gasteiger partial charge in [-0.25, -0.2) is 0 Å². The molecule has 8 heteroatoms. The fourth-order valence-electron chi connectivity index (χ4n) is 3.50. The van der Waals surface area contributed by atoms with Crippen LogP contribution in [0.15, 0.2) is 47.7 Å². The van der Waals surface area contributed by atoms with E-state index in [-0.39, 0.29) is 11.3 Å². The van der Waals surface area contributed by atoms with Gasteiger partial charge >= 0.3 is 6.36 Å². The maximum absolute atomic E-state index is 13.0. The highest BCUT2D eigenvalue weighted by atomic mass is 19.4. The van der Waals surface area contributed by atoms with Gasteiger partial charge in [0.2, 0.25) is 0 Å². The quantitative estimate of drug-likeness (QED) is 0.753. The van der Waals surface area contributed by atoms with Crippen LogP contribution in [0.1, 0.15) is 24.0 Å². The lowest BCUT2D eigenvalue weighted by Crippen LogP contribution is -2.26. The maximum Gasteiger partial charge on any atom is 0.573 e. The fraction of sp³-hybridized carbons (Fsp3) is 0.263. The lowest BCUT2D eigenvalue weighted by Gasteiger charge is -2.21. The summed E-state index contributed by atoms with van der Waals surface area (Å²) in [6.07, 6.45) is 3.91. The number of hydrogen-bond acceptors (Lipinski definition) is 3. The molecule has 0 saturated heterocycles. The molecule has 2 heterocycles. The van der Waals surface area contributed by atoms with Crippen LogP contribution in [0.5, 0.6) is 5.75 Å². The van der Waals surface area contributed by atoms with Gasteiger partial charge in [-0.3, -0.25) is 14.5 Å². The molecule has 0 fully saturated rings. The van der Waals surface area contributed by atoms with E-state index in [1.54, 1.807) is 18.6 Å². The minimum atomic E-state index is -4.75. The molecule has 0 atom stereocenters. The Morgan fingerprint density at radius 3 is 2.41 bits per heavy atom. The SMILES string of the molecule is O=c1c2c(c(-c3cn[nH]c3)cn1-c1ccc(OC(F)(F)F)cc1)CCCC2. The Hall–Kier alpha value is -3.03. The van der Waals surface area contributed by atoms with Gasteiger partial charge in [-0.2, -0.15) is 5.10 Å². The fourth-order valence-corrected chi connectivity index (χ4v) is 3.50. The van der Waals surface area contributed by atoms with E-state index in [9.17, 15) is 18.0 Å². The Morgan fingerprint density at radius 1 is 1.07 bits per heavy atom. The van der Waals surface area contributed by atoms with Gasteiger partial charge in [0.15, 0.2) is 0 Å². The van der Waals surface area contributed by atoms with E-state index < -0.39 is 6.36 Å². The summed E-state index contributed by atoms with van der Waals surface area (Å²) in [5.74, 6) is -0.327. The Labute approximate surface area is 152 Å². The van der Waals surface area contributed by atoms with Gasteiger partial charge in [0, 0.05) is 34.8 Å². The Morgan fingerprint density at radius 2 is 1.78 bits per heavy atom. The molecule has 0 saturated carbocycles. The van der Waals surface area contributed by atoms with Crippen molar-refractivity contribution in [3.63, 3.8) is 0 Å². The monoisotopic (exact) mass is 375 g/mol. The van der Waals surface area contributed by atoms with Crippen molar-refractivity contribution in [2.75, 3.05) is 0 Å². The van der Waals surface area contributed by atoms with Crippen molar-refractivity contribution in [3.05, 3.63) is 64.3 Å². The molecule has 1 N–H and O–H groups in total. The Kier molecular flexibility index (Phi) is 4.25. The summed E-state index contributed by atoms with van der Waals surface area (Å²) >= 11 is 0. The summed E-state index contributed by atoms with van der Waals surface area (Å²) in [6, 6.07) is 5.28. The van der Waals surface area contributed by atoms with E-state index in [2.05, 4.69) is 14.9 Å². The Bertz CT molecular complexity index is 1010. The summed E-state index contributed by atoms with van der Waals surface area (Å²) in [7, 11) is 0. The molecule has 0 aliphatic heterocycles. The third kappa shape index (κ3) is 3.47. The second kappa shape index (κ2) is 6.61. The van der Waals surface area contributed by atoms with Crippen LogP contribution in [0.2, 0.25) is 0 Å². The smallest absolute Gasteiger partial charge is 0.406 e. The van der Waals surface area contributed by atoms with E-state index in [0.29, 0.717) is 12.1 Å². The molecule has 0 radical (unpaired) electrons. The number of aromatic amines is 1. The molecular formula is C19H16F3N3O2. The third-order valence-electron chi connectivity index (χ3n) is 4.69. The normalized spacial score (nSPS) is 14.0. The number of nitrogens with zero attached hydrogens (tertiary/aromatic N) is 2. The summed E-state index contributed by atoms with van der Waals surface area (Å²) < 4.78 is 42.4. The van der Waals surface area contributed by atoms with Crippen LogP contribution >= 0.6 is 0 Å². The second-order valence-corrected chi connectivity index (χ2v) is 6.41. The number of alkyl halides is 3. The molecule has 27 heavy (non-hydrogen) atoms. The summed E-state index contributed by atoms with van der Waals surface area (Å²) in [5, 5.41) is 6.76. The van der Waals surface area contributed by atoms with Crippen LogP contribution < -0.4 is 10.3 Å². The zero-order valence-electron chi connectivity index (χ0n) is 14.2. The molecule has 0 spiro atoms. The summed E-state index contributed by atoms with van der Waals surface area (Å²) in [6.45, 7) is 0. The van der Waals surface area contributed by atoms with Crippen molar-refractivity contribution in [2.24, 2.45) is 0 Å². The third-order valence-corrected chi connectivity index (χ3v) is 4.69. The summed E-state index contributed by atoms with van der Waals surface area (Å²) in [5.41, 5.74) is 3.91. The minimum Gasteiger partial charge on any atom is -0.406 e. The molecule has 0 amide bonds. The first kappa shape index (κ1) is 17.4. The molecule has 140 valence electrons. The second-order valence-electron chi connectivity index (χ2n) is 6.41. The number of hydrogen-bond donors (Lipinski definition) is 1. The van der Waals surface area contributed by atoms with Crippen LogP contribution in [-0.4, -0.2) is 21.1 Å². The van der Waals surface area contributed by atoms with E-state index >= 15 is 0 Å². The number of benzene rings is 1. The molecule has 0 unspecified atom stereocenters. The largest absolute Gasteiger partial charge is 0.573 e. The highest BCUT2D eigenvalue weighted by molar-refractivity contribution is 5.67. The standard InChI is InChI=1S/C19H16F3N3O2/c20-19(21,22)27-14-7-5-13(6-8-14)25-11-17(12-9-23-24-10-12)15-3-1-2-4-16(15)18(25)26/h5-11H,1-4H2,(H,23,24). The molecule has 0 bridgehead atoms. The predicted molar refractivity (Wildman–Crippen MR) is 92.9 cm³/mol. The van der Waals surface area contributed by atoms with E-state index in [1.807, 2.05) is 0 Å². The highest BCUT2D eigenvalue weighted by Crippen LogP contribution is 2.30. The van der Waals surface area contributed by atoms with E-state index in [0.717, 1.165) is 41.5 Å². The number of nitrogens with one attached hydrogen (secondary N) is 1. The van der Waals surface area contributed by atoms with Gasteiger partial charge in [-0.05, 0) is 55.5 Å². The predicted octanol–water partition coefficient (Wildman–Crippen LogP) is 4.01. The molecular weight excluding hydrogens is 359 g/mol. The zero-order valence-corrected chi connectivity index (χ0v) is 14.2. The van der Waals surface area contributed by atoms with E-state index in [1.165, 1.54) is 28.8 Å². The van der Waals surface area contributed by atoms with Gasteiger partial charge in [-0.1, -0.05) is 0 Å². The lowest BCUT2D eigenvalue weighted by atomic mass is 9.88. The van der Waals surface area contributed by atoms with Crippen molar-refractivity contribution >= 4 is 0 Å². The topological polar surface area (TPSA) is 59.9 Å². The molecule has 1 aromatic carbocycles. The summed E-state index contributed by atoms with van der Waals surface area (Å²) in [4.78, 5) is 13.0. The van der Waals surface area contributed by atoms with Crippen LogP contribution in [0, 0.1) is 0 Å². The molecule has 5 nitrogen and oxygen atoms in total. The first-order valence-corrected chi connectivity index (χ1v) is 8.55. The molecule has 1 aliphatic rings. The minimum absolute atomic E-state index is 0.138. The van der Waals surface area contributed by atoms with Crippen LogP contribution in [0.3, 0.4) is 0 Å². The number of rotatable bonds is 3. The maximum atomic E-state index is 13.0. The molecule has 3 aromatic rings. The number of pyridine rings is 1. The number of aromatic nitrogens is 3. The van der Waals surface area contributed by atoms with Gasteiger partial charge < -0.3 is 4.74 Å². The number of ether oxygens (including phenoxy) is 1. The Balaban J connectivity index is 1.81. The van der Waals surface area contributed by atoms with Gasteiger partial charge in [0.05, 0.1) is 6.20 Å². The number of H-pyrrole nitrogens is 1. The molecule has 4 rings (SSSR count). The molecule has 2 aromatic heterocycles. The number of halogens is 3. The first-order valence-electron chi connectivity index (χ1n) is 8.55. The van der Waals surface area contributed by atoms with Crippen LogP contribution in [-0.2, 0) is 12.8 Å². The van der Waals surface area contributed by atoms with Crippen molar-refractivity contribution in [2.45, 2.75) is 32.0 Å². The van der Waals surface area contributed by atoms with Crippen molar-refractivity contribution in [1.29, 1.82) is 0 Å². The lowest BCUT2D eigenvalue weighted by molar-refractivity contribution is -0.274. The van der Waals surface area contributed by atoms with Crippen molar-refractivity contribution < 1.29 is 17.9 Å². The van der Waals surface area contributed by atoms with Crippen molar-refractivity contribution in [1.82, 2.24) is 14.8 Å².